The van der Waals surface area contributed by atoms with Crippen LogP contribution in [0.1, 0.15) is 73.5 Å². The molecule has 224 valence electrons. The molecule has 1 aromatic heterocycles. The molecule has 8 heteroatoms. The van der Waals surface area contributed by atoms with Crippen LogP contribution in [-0.2, 0) is 27.8 Å². The summed E-state index contributed by atoms with van der Waals surface area (Å²) in [5.74, 6) is -0.309. The van der Waals surface area contributed by atoms with Crippen LogP contribution in [0, 0.1) is 17.8 Å². The number of hydrogen-bond acceptors (Lipinski definition) is 4. The number of carbonyl (C=O) groups excluding carboxylic acids is 3. The van der Waals surface area contributed by atoms with Crippen molar-refractivity contribution in [2.75, 3.05) is 19.8 Å². The maximum absolute atomic E-state index is 14.1. The number of likely N-dealkylation sites (tertiary alicyclic amines) is 1. The van der Waals surface area contributed by atoms with E-state index in [1.165, 1.54) is 0 Å². The van der Waals surface area contributed by atoms with Gasteiger partial charge in [-0.2, -0.15) is 0 Å². The number of alkyl halides is 1. The van der Waals surface area contributed by atoms with Crippen LogP contribution in [-0.4, -0.2) is 53.0 Å². The quantitative estimate of drug-likeness (QED) is 0.252. The Bertz CT molecular complexity index is 1450. The van der Waals surface area contributed by atoms with Gasteiger partial charge >= 0.3 is 5.97 Å². The topological polar surface area (TPSA) is 68.6 Å². The smallest absolute Gasteiger partial charge is 0.356 e. The number of Topliss-reactive ketones (excluding diaryl/α,β-unsaturated/α-hetero) is 1. The monoisotopic (exact) mass is 594 g/mol. The molecule has 2 aromatic carbocycles. The maximum Gasteiger partial charge on any atom is 0.356 e. The van der Waals surface area contributed by atoms with Gasteiger partial charge in [0.05, 0.1) is 24.3 Å². The molecule has 0 bridgehead atoms. The van der Waals surface area contributed by atoms with Crippen LogP contribution in [0.25, 0.3) is 10.9 Å². The van der Waals surface area contributed by atoms with Crippen LogP contribution in [0.3, 0.4) is 0 Å². The van der Waals surface area contributed by atoms with Gasteiger partial charge in [-0.15, -0.1) is 0 Å². The third kappa shape index (κ3) is 5.85. The van der Waals surface area contributed by atoms with Gasteiger partial charge in [0.2, 0.25) is 5.91 Å². The van der Waals surface area contributed by atoms with Gasteiger partial charge in [0.25, 0.3) is 0 Å². The Kier molecular flexibility index (Phi) is 9.36. The number of fused-ring (bicyclic) bond motifs is 1. The van der Waals surface area contributed by atoms with Crippen molar-refractivity contribution in [2.45, 2.75) is 64.3 Å². The van der Waals surface area contributed by atoms with Crippen LogP contribution in [0.15, 0.2) is 48.5 Å². The van der Waals surface area contributed by atoms with E-state index in [1.807, 2.05) is 60.4 Å². The van der Waals surface area contributed by atoms with Gasteiger partial charge in [-0.05, 0) is 74.1 Å². The molecule has 0 radical (unpaired) electrons. The minimum atomic E-state index is -0.556. The molecule has 3 aromatic rings. The fourth-order valence-electron chi connectivity index (χ4n) is 7.07. The Hall–Kier alpha value is -3.19. The van der Waals surface area contributed by atoms with Crippen molar-refractivity contribution < 1.29 is 23.5 Å². The minimum absolute atomic E-state index is 0.00791. The van der Waals surface area contributed by atoms with E-state index in [9.17, 15) is 18.8 Å². The molecule has 42 heavy (non-hydrogen) atoms. The molecule has 1 aliphatic carbocycles. The van der Waals surface area contributed by atoms with Crippen LogP contribution in [0.4, 0.5) is 4.39 Å². The molecular weight excluding hydrogens is 555 g/mol. The van der Waals surface area contributed by atoms with Gasteiger partial charge in [0, 0.05) is 42.8 Å². The van der Waals surface area contributed by atoms with Crippen molar-refractivity contribution in [3.8, 4) is 0 Å². The Morgan fingerprint density at radius 1 is 1.05 bits per heavy atom. The number of aromatic nitrogens is 1. The summed E-state index contributed by atoms with van der Waals surface area (Å²) in [6.07, 6.45) is 4.06. The molecule has 5 rings (SSSR count). The highest BCUT2D eigenvalue weighted by Crippen LogP contribution is 2.40. The molecule has 1 unspecified atom stereocenters. The number of benzene rings is 2. The number of aryl methyl sites for hydroxylation is 1. The molecule has 2 fully saturated rings. The zero-order valence-electron chi connectivity index (χ0n) is 24.7. The van der Waals surface area contributed by atoms with Gasteiger partial charge in [-0.3, -0.25) is 14.0 Å². The normalized spacial score (nSPS) is 23.2. The summed E-state index contributed by atoms with van der Waals surface area (Å²) in [7, 11) is 1.77. The lowest BCUT2D eigenvalue weighted by Gasteiger charge is -2.35. The second kappa shape index (κ2) is 13.0. The van der Waals surface area contributed by atoms with Gasteiger partial charge < -0.3 is 14.2 Å². The lowest BCUT2D eigenvalue weighted by atomic mass is 9.76. The zero-order valence-corrected chi connectivity index (χ0v) is 25.4. The van der Waals surface area contributed by atoms with Crippen LogP contribution in [0.2, 0.25) is 5.02 Å². The summed E-state index contributed by atoms with van der Waals surface area (Å²) in [6.45, 7) is 4.16. The first-order chi connectivity index (χ1) is 20.2. The Balaban J connectivity index is 1.40. The fourth-order valence-corrected chi connectivity index (χ4v) is 7.43. The molecule has 1 amide bonds. The van der Waals surface area contributed by atoms with E-state index < -0.39 is 12.0 Å². The fraction of sp³-hybridized carbons (Fsp3) is 0.500. The molecule has 6 nitrogen and oxygen atoms in total. The molecule has 1 saturated carbocycles. The van der Waals surface area contributed by atoms with Gasteiger partial charge in [0.1, 0.15) is 5.69 Å². The lowest BCUT2D eigenvalue weighted by Crippen LogP contribution is -2.46. The molecule has 2 heterocycles. The van der Waals surface area contributed by atoms with Crippen molar-refractivity contribution in [1.29, 1.82) is 0 Å². The Labute approximate surface area is 252 Å². The maximum atomic E-state index is 14.1. The molecule has 0 N–H and O–H groups in total. The van der Waals surface area contributed by atoms with E-state index in [2.05, 4.69) is 0 Å². The van der Waals surface area contributed by atoms with E-state index >= 15 is 0 Å². The van der Waals surface area contributed by atoms with Crippen molar-refractivity contribution in [3.63, 3.8) is 0 Å². The molecule has 2 aliphatic rings. The third-order valence-electron chi connectivity index (χ3n) is 9.46. The highest BCUT2D eigenvalue weighted by atomic mass is 35.5. The van der Waals surface area contributed by atoms with Crippen LogP contribution >= 0.6 is 11.6 Å². The summed E-state index contributed by atoms with van der Waals surface area (Å²) in [5, 5.41) is 0.989. The average molecular weight is 595 g/mol. The Morgan fingerprint density at radius 2 is 1.76 bits per heavy atom. The highest BCUT2D eigenvalue weighted by Gasteiger charge is 2.44. The van der Waals surface area contributed by atoms with Crippen LogP contribution < -0.4 is 0 Å². The van der Waals surface area contributed by atoms with Crippen molar-refractivity contribution in [3.05, 3.63) is 70.4 Å². The summed E-state index contributed by atoms with van der Waals surface area (Å²) in [6, 6.07) is 15.0. The van der Waals surface area contributed by atoms with Crippen molar-refractivity contribution in [1.82, 2.24) is 9.47 Å². The van der Waals surface area contributed by atoms with E-state index in [4.69, 9.17) is 16.3 Å². The summed E-state index contributed by atoms with van der Waals surface area (Å²) in [4.78, 5) is 42.4. The second-order valence-electron chi connectivity index (χ2n) is 12.0. The van der Waals surface area contributed by atoms with E-state index in [0.29, 0.717) is 22.9 Å². The number of rotatable bonds is 9. The van der Waals surface area contributed by atoms with Crippen molar-refractivity contribution in [2.24, 2.45) is 24.8 Å². The number of ether oxygens (including phenoxy) is 1. The standard InChI is InChI=1S/C34H40ClFN2O4/c1-4-42-34(41)32-30(35)27-18-22(10-15-28(27)37(32)3)19-29(39)31-26(24-8-6-5-7-9-24)16-17-38(31)33(40)25-13-11-23(12-14-25)21(2)20-36/h5-10,15,18,21,23,25-26,31H,4,11-14,16-17,19-20H2,1-3H3/t21?,23?,25?,26-,31+/m1/s1. The van der Waals surface area contributed by atoms with Gasteiger partial charge in [0.15, 0.2) is 5.78 Å². The summed E-state index contributed by atoms with van der Waals surface area (Å²) in [5.41, 5.74) is 2.90. The average Bonchev–Trinajstić information content (AvgIpc) is 3.56. The summed E-state index contributed by atoms with van der Waals surface area (Å²) < 4.78 is 20.2. The number of halogens is 2. The number of hydrogen-bond donors (Lipinski definition) is 0. The molecule has 1 saturated heterocycles. The van der Waals surface area contributed by atoms with E-state index in [-0.39, 0.29) is 54.8 Å². The van der Waals surface area contributed by atoms with Crippen molar-refractivity contribution >= 4 is 40.2 Å². The SMILES string of the molecule is CCOC(=O)c1c(Cl)c2cc(CC(=O)[C@@H]3[C@@H](c4ccccc4)CCN3C(=O)C3CCC(C(C)CF)CC3)ccc2n1C. The zero-order chi connectivity index (χ0) is 30.0. The predicted octanol–water partition coefficient (Wildman–Crippen LogP) is 6.92. The van der Waals surface area contributed by atoms with E-state index in [0.717, 1.165) is 48.7 Å². The molecular formula is C34H40ClFN2O4. The van der Waals surface area contributed by atoms with Gasteiger partial charge in [-0.25, -0.2) is 4.79 Å². The molecule has 1 aliphatic heterocycles. The molecule has 0 spiro atoms. The second-order valence-corrected chi connectivity index (χ2v) is 12.3. The number of nitrogens with zero attached hydrogens (tertiary/aromatic N) is 2. The molecule has 3 atom stereocenters. The summed E-state index contributed by atoms with van der Waals surface area (Å²) >= 11 is 6.64. The number of carbonyl (C=O) groups is 3. The first kappa shape index (κ1) is 30.3. The Morgan fingerprint density at radius 3 is 2.43 bits per heavy atom. The minimum Gasteiger partial charge on any atom is -0.461 e. The van der Waals surface area contributed by atoms with E-state index in [1.54, 1.807) is 18.5 Å². The largest absolute Gasteiger partial charge is 0.461 e. The number of amides is 1. The highest BCUT2D eigenvalue weighted by molar-refractivity contribution is 6.38. The lowest BCUT2D eigenvalue weighted by molar-refractivity contribution is -0.142. The number of ketones is 1. The van der Waals surface area contributed by atoms with Gasteiger partial charge in [-0.1, -0.05) is 54.9 Å². The number of esters is 1. The third-order valence-corrected chi connectivity index (χ3v) is 9.84. The first-order valence-electron chi connectivity index (χ1n) is 15.1. The predicted molar refractivity (Wildman–Crippen MR) is 162 cm³/mol. The first-order valence-corrected chi connectivity index (χ1v) is 15.5. The van der Waals surface area contributed by atoms with Crippen LogP contribution in [0.5, 0.6) is 0 Å².